The van der Waals surface area contributed by atoms with Crippen LogP contribution in [0.3, 0.4) is 0 Å². The second-order valence-electron chi connectivity index (χ2n) is 8.79. The summed E-state index contributed by atoms with van der Waals surface area (Å²) in [6.45, 7) is 3.81. The van der Waals surface area contributed by atoms with Gasteiger partial charge in [0.2, 0.25) is 11.8 Å². The van der Waals surface area contributed by atoms with E-state index in [-0.39, 0.29) is 36.0 Å². The number of carboxylic acid groups (broad SMARTS) is 1. The minimum atomic E-state index is -1.11. The lowest BCUT2D eigenvalue weighted by Crippen LogP contribution is -2.46. The van der Waals surface area contributed by atoms with Crippen molar-refractivity contribution in [3.8, 4) is 0 Å². The molecule has 5 heteroatoms. The van der Waals surface area contributed by atoms with Gasteiger partial charge in [-0.3, -0.25) is 14.5 Å². The summed E-state index contributed by atoms with van der Waals surface area (Å²) in [4.78, 5) is 40.1. The first-order valence-corrected chi connectivity index (χ1v) is 10.2. The van der Waals surface area contributed by atoms with Crippen LogP contribution in [0.1, 0.15) is 54.4 Å². The van der Waals surface area contributed by atoms with E-state index in [9.17, 15) is 19.5 Å². The number of carbonyl (C=O) groups excluding carboxylic acids is 2. The van der Waals surface area contributed by atoms with Crippen LogP contribution in [0.2, 0.25) is 0 Å². The highest BCUT2D eigenvalue weighted by molar-refractivity contribution is 6.10. The first kappa shape index (κ1) is 18.1. The van der Waals surface area contributed by atoms with E-state index in [0.717, 1.165) is 27.2 Å². The van der Waals surface area contributed by atoms with Gasteiger partial charge in [-0.2, -0.15) is 0 Å². The number of nitrogens with zero attached hydrogens (tertiary/aromatic N) is 1. The second-order valence-corrected chi connectivity index (χ2v) is 8.79. The molecule has 2 aromatic rings. The van der Waals surface area contributed by atoms with E-state index in [1.54, 1.807) is 0 Å². The highest BCUT2D eigenvalue weighted by Gasteiger charge is 2.63. The smallest absolute Gasteiger partial charge is 0.326 e. The fourth-order valence-electron chi connectivity index (χ4n) is 5.77. The summed E-state index contributed by atoms with van der Waals surface area (Å²) in [6, 6.07) is 14.9. The Morgan fingerprint density at radius 3 is 1.55 bits per heavy atom. The molecular formula is C24H23NO4. The maximum absolute atomic E-state index is 13.5. The quantitative estimate of drug-likeness (QED) is 0.814. The summed E-state index contributed by atoms with van der Waals surface area (Å²) in [5.41, 5.74) is 4.37. The summed E-state index contributed by atoms with van der Waals surface area (Å²) >= 11 is 0. The number of rotatable bonds is 4. The fourth-order valence-corrected chi connectivity index (χ4v) is 5.77. The molecule has 1 heterocycles. The zero-order valence-corrected chi connectivity index (χ0v) is 16.4. The molecule has 2 bridgehead atoms. The molecule has 1 fully saturated rings. The van der Waals surface area contributed by atoms with Crippen molar-refractivity contribution in [3.05, 3.63) is 70.8 Å². The molecule has 3 aliphatic carbocycles. The maximum atomic E-state index is 13.5. The number of benzene rings is 2. The van der Waals surface area contributed by atoms with E-state index < -0.39 is 23.8 Å². The molecule has 0 aromatic heterocycles. The summed E-state index contributed by atoms with van der Waals surface area (Å²) in [5, 5.41) is 9.80. The molecule has 6 rings (SSSR count). The van der Waals surface area contributed by atoms with Crippen LogP contribution in [0.25, 0.3) is 0 Å². The summed E-state index contributed by atoms with van der Waals surface area (Å²) in [7, 11) is 0. The first-order chi connectivity index (χ1) is 13.9. The van der Waals surface area contributed by atoms with Crippen molar-refractivity contribution in [2.45, 2.75) is 38.1 Å². The van der Waals surface area contributed by atoms with E-state index in [1.807, 2.05) is 62.4 Å². The van der Waals surface area contributed by atoms with Gasteiger partial charge in [-0.25, -0.2) is 4.79 Å². The van der Waals surface area contributed by atoms with Crippen molar-refractivity contribution in [1.29, 1.82) is 0 Å². The fraction of sp³-hybridized carbons (Fsp3) is 0.375. The van der Waals surface area contributed by atoms with Crippen molar-refractivity contribution in [3.63, 3.8) is 0 Å². The van der Waals surface area contributed by atoms with Crippen LogP contribution in [0, 0.1) is 17.8 Å². The van der Waals surface area contributed by atoms with Crippen LogP contribution in [0.15, 0.2) is 48.5 Å². The van der Waals surface area contributed by atoms with E-state index >= 15 is 0 Å². The molecule has 0 spiro atoms. The lowest BCUT2D eigenvalue weighted by atomic mass is 9.55. The van der Waals surface area contributed by atoms with Gasteiger partial charge in [-0.1, -0.05) is 62.4 Å². The Morgan fingerprint density at radius 1 is 0.862 bits per heavy atom. The number of carbonyl (C=O) groups is 3. The zero-order chi connectivity index (χ0) is 20.4. The van der Waals surface area contributed by atoms with Crippen LogP contribution >= 0.6 is 0 Å². The van der Waals surface area contributed by atoms with Gasteiger partial charge in [-0.15, -0.1) is 0 Å². The Balaban J connectivity index is 1.67. The SMILES string of the molecule is CC(C)C[C@@H](C(=O)O)N1C(=O)[C@@H]2C3c4ccccc4C(c4ccccc43)[C@H]2C1=O. The molecule has 1 aliphatic heterocycles. The first-order valence-electron chi connectivity index (χ1n) is 10.2. The lowest BCUT2D eigenvalue weighted by molar-refractivity contribution is -0.155. The van der Waals surface area contributed by atoms with E-state index in [0.29, 0.717) is 0 Å². The number of likely N-dealkylation sites (tertiary alicyclic amines) is 1. The van der Waals surface area contributed by atoms with Gasteiger partial charge in [0.25, 0.3) is 0 Å². The Hall–Kier alpha value is -2.95. The topological polar surface area (TPSA) is 74.7 Å². The Bertz CT molecular complexity index is 927. The summed E-state index contributed by atoms with van der Waals surface area (Å²) in [5.74, 6) is -3.15. The molecule has 5 nitrogen and oxygen atoms in total. The molecule has 1 saturated heterocycles. The molecule has 29 heavy (non-hydrogen) atoms. The van der Waals surface area contributed by atoms with Crippen LogP contribution in [-0.4, -0.2) is 33.8 Å². The third-order valence-corrected chi connectivity index (χ3v) is 6.77. The lowest BCUT2D eigenvalue weighted by Gasteiger charge is -2.45. The number of hydrogen-bond acceptors (Lipinski definition) is 3. The number of carboxylic acids is 1. The molecule has 3 atom stereocenters. The van der Waals surface area contributed by atoms with Crippen LogP contribution in [-0.2, 0) is 14.4 Å². The Kier molecular flexibility index (Phi) is 3.92. The van der Waals surface area contributed by atoms with E-state index in [4.69, 9.17) is 0 Å². The molecule has 2 aromatic carbocycles. The minimum Gasteiger partial charge on any atom is -0.480 e. The summed E-state index contributed by atoms with van der Waals surface area (Å²) < 4.78 is 0. The molecular weight excluding hydrogens is 366 g/mol. The standard InChI is InChI=1S/C24H23NO4/c1-12(2)11-17(24(28)29)25-22(26)20-18-13-7-3-4-8-14(13)19(21(20)23(25)27)16-10-6-5-9-15(16)18/h3-10,12,17-21H,11H2,1-2H3,(H,28,29)/t17-,18?,19?,20+,21+/m0/s1. The zero-order valence-electron chi connectivity index (χ0n) is 16.4. The monoisotopic (exact) mass is 389 g/mol. The van der Waals surface area contributed by atoms with Gasteiger partial charge < -0.3 is 5.11 Å². The molecule has 148 valence electrons. The minimum absolute atomic E-state index is 0.0606. The van der Waals surface area contributed by atoms with Crippen molar-refractivity contribution >= 4 is 17.8 Å². The molecule has 1 N–H and O–H groups in total. The normalized spacial score (nSPS) is 27.6. The van der Waals surface area contributed by atoms with E-state index in [1.165, 1.54) is 0 Å². The van der Waals surface area contributed by atoms with Gasteiger partial charge in [0, 0.05) is 11.8 Å². The van der Waals surface area contributed by atoms with Crippen molar-refractivity contribution in [2.75, 3.05) is 0 Å². The Labute approximate surface area is 169 Å². The molecule has 2 amide bonds. The highest BCUT2D eigenvalue weighted by Crippen LogP contribution is 2.61. The van der Waals surface area contributed by atoms with Gasteiger partial charge in [0.1, 0.15) is 6.04 Å². The molecule has 0 radical (unpaired) electrons. The molecule has 0 unspecified atom stereocenters. The number of amides is 2. The van der Waals surface area contributed by atoms with Crippen LogP contribution < -0.4 is 0 Å². The highest BCUT2D eigenvalue weighted by atomic mass is 16.4. The van der Waals surface area contributed by atoms with Gasteiger partial charge in [-0.05, 0) is 34.6 Å². The predicted octanol–water partition coefficient (Wildman–Crippen LogP) is 3.38. The average molecular weight is 389 g/mol. The maximum Gasteiger partial charge on any atom is 0.326 e. The third kappa shape index (κ3) is 2.36. The van der Waals surface area contributed by atoms with Crippen molar-refractivity contribution < 1.29 is 19.5 Å². The summed E-state index contributed by atoms with van der Waals surface area (Å²) in [6.07, 6.45) is 0.265. The number of hydrogen-bond donors (Lipinski definition) is 1. The van der Waals surface area contributed by atoms with Crippen molar-refractivity contribution in [2.24, 2.45) is 17.8 Å². The van der Waals surface area contributed by atoms with E-state index in [2.05, 4.69) is 0 Å². The average Bonchev–Trinajstić information content (AvgIpc) is 2.97. The predicted molar refractivity (Wildman–Crippen MR) is 106 cm³/mol. The van der Waals surface area contributed by atoms with Crippen molar-refractivity contribution in [1.82, 2.24) is 4.90 Å². The number of imide groups is 1. The Morgan fingerprint density at radius 2 is 1.24 bits per heavy atom. The number of aliphatic carboxylic acids is 1. The van der Waals surface area contributed by atoms with Gasteiger partial charge in [0.15, 0.2) is 0 Å². The largest absolute Gasteiger partial charge is 0.480 e. The van der Waals surface area contributed by atoms with Gasteiger partial charge >= 0.3 is 5.97 Å². The van der Waals surface area contributed by atoms with Crippen LogP contribution in [0.4, 0.5) is 0 Å². The van der Waals surface area contributed by atoms with Gasteiger partial charge in [0.05, 0.1) is 11.8 Å². The second kappa shape index (κ2) is 6.28. The third-order valence-electron chi connectivity index (χ3n) is 6.77. The van der Waals surface area contributed by atoms with Crippen LogP contribution in [0.5, 0.6) is 0 Å². The molecule has 0 saturated carbocycles. The molecule has 4 aliphatic rings.